The van der Waals surface area contributed by atoms with Crippen molar-refractivity contribution in [3.05, 3.63) is 113 Å². The van der Waals surface area contributed by atoms with Gasteiger partial charge in [0.25, 0.3) is 0 Å². The van der Waals surface area contributed by atoms with Crippen LogP contribution in [0.3, 0.4) is 0 Å². The molecule has 3 aromatic rings. The summed E-state index contributed by atoms with van der Waals surface area (Å²) in [5, 5.41) is 3.07. The zero-order valence-corrected chi connectivity index (χ0v) is 14.5. The molecule has 1 amide bonds. The van der Waals surface area contributed by atoms with Crippen molar-refractivity contribution in [2.24, 2.45) is 0 Å². The Bertz CT molecular complexity index is 901. The maximum Gasteiger partial charge on any atom is 0.244 e. The van der Waals surface area contributed by atoms with E-state index in [9.17, 15) is 9.18 Å². The third-order valence-electron chi connectivity index (χ3n) is 4.22. The van der Waals surface area contributed by atoms with E-state index in [0.717, 1.165) is 22.3 Å². The van der Waals surface area contributed by atoms with E-state index in [-0.39, 0.29) is 17.8 Å². The van der Waals surface area contributed by atoms with Crippen LogP contribution in [0.4, 0.5) is 4.39 Å². The van der Waals surface area contributed by atoms with Crippen molar-refractivity contribution in [1.29, 1.82) is 0 Å². The Balaban J connectivity index is 1.83. The molecule has 0 bridgehead atoms. The topological polar surface area (TPSA) is 29.1 Å². The zero-order chi connectivity index (χ0) is 18.4. The molecule has 0 saturated heterocycles. The molecule has 0 spiro atoms. The first-order valence-electron chi connectivity index (χ1n) is 8.48. The van der Waals surface area contributed by atoms with Gasteiger partial charge in [0.1, 0.15) is 5.82 Å². The number of rotatable bonds is 5. The van der Waals surface area contributed by atoms with Crippen LogP contribution in [0.2, 0.25) is 0 Å². The van der Waals surface area contributed by atoms with Crippen LogP contribution in [-0.4, -0.2) is 5.91 Å². The second-order valence-corrected chi connectivity index (χ2v) is 6.09. The van der Waals surface area contributed by atoms with Gasteiger partial charge in [-0.25, -0.2) is 4.39 Å². The summed E-state index contributed by atoms with van der Waals surface area (Å²) in [5.74, 6) is -0.498. The van der Waals surface area contributed by atoms with E-state index < -0.39 is 0 Å². The predicted molar refractivity (Wildman–Crippen MR) is 103 cm³/mol. The van der Waals surface area contributed by atoms with Gasteiger partial charge in [-0.05, 0) is 47.4 Å². The van der Waals surface area contributed by atoms with E-state index in [1.165, 1.54) is 18.2 Å². The first-order chi connectivity index (χ1) is 12.6. The van der Waals surface area contributed by atoms with E-state index in [2.05, 4.69) is 5.32 Å². The summed E-state index contributed by atoms with van der Waals surface area (Å²) in [6.07, 6.45) is 3.15. The molecule has 3 heteroatoms. The third kappa shape index (κ3) is 4.45. The van der Waals surface area contributed by atoms with Crippen LogP contribution < -0.4 is 5.32 Å². The van der Waals surface area contributed by atoms with Crippen LogP contribution in [-0.2, 0) is 4.79 Å². The summed E-state index contributed by atoms with van der Waals surface area (Å²) in [6, 6.07) is 23.7. The van der Waals surface area contributed by atoms with Crippen LogP contribution in [0.25, 0.3) is 6.08 Å². The predicted octanol–water partition coefficient (Wildman–Crippen LogP) is 5.05. The standard InChI is InChI=1S/C23H20FNO/c1-17-7-5-6-10-21(17)23(19-8-3-2-4-9-19)25-22(26)16-13-18-11-14-20(24)15-12-18/h2-16,23H,1H3,(H,25,26)/b16-13+/t23-/m0/s1. The fourth-order valence-corrected chi connectivity index (χ4v) is 2.83. The number of amides is 1. The first-order valence-corrected chi connectivity index (χ1v) is 8.48. The lowest BCUT2D eigenvalue weighted by atomic mass is 9.95. The Morgan fingerprint density at radius 2 is 1.58 bits per heavy atom. The highest BCUT2D eigenvalue weighted by Crippen LogP contribution is 2.24. The Kier molecular flexibility index (Phi) is 5.59. The van der Waals surface area contributed by atoms with Crippen molar-refractivity contribution in [1.82, 2.24) is 5.32 Å². The van der Waals surface area contributed by atoms with Gasteiger partial charge in [-0.3, -0.25) is 4.79 Å². The minimum Gasteiger partial charge on any atom is -0.342 e. The monoisotopic (exact) mass is 345 g/mol. The Morgan fingerprint density at radius 3 is 2.27 bits per heavy atom. The van der Waals surface area contributed by atoms with Crippen LogP contribution in [0.1, 0.15) is 28.3 Å². The van der Waals surface area contributed by atoms with Gasteiger partial charge in [0.15, 0.2) is 0 Å². The third-order valence-corrected chi connectivity index (χ3v) is 4.22. The van der Waals surface area contributed by atoms with Crippen molar-refractivity contribution >= 4 is 12.0 Å². The SMILES string of the molecule is Cc1ccccc1[C@@H](NC(=O)/C=C/c1ccc(F)cc1)c1ccccc1. The molecule has 0 fully saturated rings. The molecule has 3 aromatic carbocycles. The Morgan fingerprint density at radius 1 is 0.923 bits per heavy atom. The van der Waals surface area contributed by atoms with Gasteiger partial charge >= 0.3 is 0 Å². The molecule has 0 radical (unpaired) electrons. The number of aryl methyl sites for hydroxylation is 1. The lowest BCUT2D eigenvalue weighted by Gasteiger charge is -2.21. The second kappa shape index (κ2) is 8.26. The fraction of sp³-hybridized carbons (Fsp3) is 0.0870. The number of halogens is 1. The molecule has 0 aliphatic rings. The number of carbonyl (C=O) groups excluding carboxylic acids is 1. The van der Waals surface area contributed by atoms with E-state index in [1.54, 1.807) is 18.2 Å². The van der Waals surface area contributed by atoms with Crippen LogP contribution >= 0.6 is 0 Å². The summed E-state index contributed by atoms with van der Waals surface area (Å²) < 4.78 is 13.0. The Hall–Kier alpha value is -3.20. The van der Waals surface area contributed by atoms with E-state index in [0.29, 0.717) is 0 Å². The molecule has 0 saturated carbocycles. The fourth-order valence-electron chi connectivity index (χ4n) is 2.83. The molecule has 1 atom stereocenters. The van der Waals surface area contributed by atoms with E-state index in [1.807, 2.05) is 61.5 Å². The van der Waals surface area contributed by atoms with E-state index >= 15 is 0 Å². The Labute approximate surface area is 153 Å². The molecule has 2 nitrogen and oxygen atoms in total. The van der Waals surface area contributed by atoms with Crippen LogP contribution in [0.15, 0.2) is 84.9 Å². The molecule has 0 aliphatic carbocycles. The minimum atomic E-state index is -0.296. The highest BCUT2D eigenvalue weighted by Gasteiger charge is 2.17. The molecule has 0 heterocycles. The highest BCUT2D eigenvalue weighted by molar-refractivity contribution is 5.92. The van der Waals surface area contributed by atoms with Gasteiger partial charge < -0.3 is 5.32 Å². The molecule has 0 aliphatic heterocycles. The number of carbonyl (C=O) groups is 1. The van der Waals surface area contributed by atoms with Gasteiger partial charge in [0.05, 0.1) is 6.04 Å². The largest absolute Gasteiger partial charge is 0.342 e. The summed E-state index contributed by atoms with van der Waals surface area (Å²) in [6.45, 7) is 2.03. The summed E-state index contributed by atoms with van der Waals surface area (Å²) in [4.78, 5) is 12.5. The maximum absolute atomic E-state index is 13.0. The van der Waals surface area contributed by atoms with Crippen LogP contribution in [0.5, 0.6) is 0 Å². The highest BCUT2D eigenvalue weighted by atomic mass is 19.1. The molecular weight excluding hydrogens is 325 g/mol. The summed E-state index contributed by atoms with van der Waals surface area (Å²) in [5.41, 5.74) is 3.96. The van der Waals surface area contributed by atoms with Crippen molar-refractivity contribution < 1.29 is 9.18 Å². The molecule has 0 unspecified atom stereocenters. The minimum absolute atomic E-state index is 0.202. The van der Waals surface area contributed by atoms with Gasteiger partial charge in [-0.15, -0.1) is 0 Å². The molecular formula is C23H20FNO. The number of hydrogen-bond donors (Lipinski definition) is 1. The molecule has 1 N–H and O–H groups in total. The maximum atomic E-state index is 13.0. The quantitative estimate of drug-likeness (QED) is 0.644. The second-order valence-electron chi connectivity index (χ2n) is 6.09. The van der Waals surface area contributed by atoms with Crippen molar-refractivity contribution in [2.75, 3.05) is 0 Å². The first kappa shape index (κ1) is 17.6. The van der Waals surface area contributed by atoms with Crippen LogP contribution in [0, 0.1) is 12.7 Å². The van der Waals surface area contributed by atoms with Crippen molar-refractivity contribution in [2.45, 2.75) is 13.0 Å². The van der Waals surface area contributed by atoms with E-state index in [4.69, 9.17) is 0 Å². The van der Waals surface area contributed by atoms with Crippen molar-refractivity contribution in [3.8, 4) is 0 Å². The number of nitrogens with one attached hydrogen (secondary N) is 1. The van der Waals surface area contributed by atoms with Gasteiger partial charge in [0.2, 0.25) is 5.91 Å². The van der Waals surface area contributed by atoms with Gasteiger partial charge in [-0.1, -0.05) is 66.7 Å². The zero-order valence-electron chi connectivity index (χ0n) is 14.5. The normalized spacial score (nSPS) is 12.1. The molecule has 0 aromatic heterocycles. The lowest BCUT2D eigenvalue weighted by Crippen LogP contribution is -2.28. The molecule has 130 valence electrons. The summed E-state index contributed by atoms with van der Waals surface area (Å²) in [7, 11) is 0. The number of benzene rings is 3. The molecule has 26 heavy (non-hydrogen) atoms. The average Bonchev–Trinajstić information content (AvgIpc) is 2.67. The van der Waals surface area contributed by atoms with Gasteiger partial charge in [0, 0.05) is 6.08 Å². The molecule has 3 rings (SSSR count). The van der Waals surface area contributed by atoms with Gasteiger partial charge in [-0.2, -0.15) is 0 Å². The average molecular weight is 345 g/mol. The summed E-state index contributed by atoms with van der Waals surface area (Å²) >= 11 is 0. The van der Waals surface area contributed by atoms with Crippen molar-refractivity contribution in [3.63, 3.8) is 0 Å². The lowest BCUT2D eigenvalue weighted by molar-refractivity contribution is -0.116. The number of hydrogen-bond acceptors (Lipinski definition) is 1. The smallest absolute Gasteiger partial charge is 0.244 e.